The second-order valence-electron chi connectivity index (χ2n) is 16.5. The van der Waals surface area contributed by atoms with E-state index in [0.717, 1.165) is 11.5 Å². The van der Waals surface area contributed by atoms with Crippen LogP contribution in [0.4, 0.5) is 5.82 Å². The molecule has 0 spiro atoms. The van der Waals surface area contributed by atoms with Gasteiger partial charge in [0.05, 0.1) is 6.33 Å². The molecule has 5 nitrogen and oxygen atoms in total. The van der Waals surface area contributed by atoms with Gasteiger partial charge in [0.15, 0.2) is 14.1 Å². The average molecular weight is 604 g/mol. The molecule has 0 saturated heterocycles. The van der Waals surface area contributed by atoms with Crippen LogP contribution < -0.4 is 4.23 Å². The Morgan fingerprint density at radius 1 is 0.575 bits per heavy atom. The van der Waals surface area contributed by atoms with Crippen molar-refractivity contribution in [2.45, 2.75) is 139 Å². The van der Waals surface area contributed by atoms with E-state index in [9.17, 15) is 0 Å². The first-order chi connectivity index (χ1) is 18.3. The van der Waals surface area contributed by atoms with E-state index in [0.29, 0.717) is 35.5 Å². The van der Waals surface area contributed by atoms with Crippen LogP contribution in [0, 0.1) is 35.5 Å². The van der Waals surface area contributed by atoms with Crippen LogP contribution in [0.1, 0.15) is 83.1 Å². The molecule has 2 rings (SSSR count). The number of anilines is 1. The van der Waals surface area contributed by atoms with E-state index in [2.05, 4.69) is 118 Å². The molecule has 0 unspecified atom stereocenters. The minimum atomic E-state index is -2.09. The normalized spacial score (nSPS) is 13.8. The van der Waals surface area contributed by atoms with Gasteiger partial charge in [0.2, 0.25) is 0 Å². The molecule has 230 valence electrons. The fourth-order valence-electron chi connectivity index (χ4n) is 8.06. The van der Waals surface area contributed by atoms with Crippen molar-refractivity contribution in [3.05, 3.63) is 12.7 Å². The van der Waals surface area contributed by atoms with Gasteiger partial charge in [-0.25, -0.2) is 15.0 Å². The molecule has 0 aromatic rings. The summed E-state index contributed by atoms with van der Waals surface area (Å²) in [6.45, 7) is 37.2. The molecule has 0 radical (unpaired) electrons. The maximum atomic E-state index is 5.05. The molecule has 2 aliphatic rings. The van der Waals surface area contributed by atoms with Gasteiger partial charge in [-0.2, -0.15) is 0 Å². The van der Waals surface area contributed by atoms with E-state index >= 15 is 0 Å². The molecule has 2 heterocycles. The molecule has 0 N–H and O–H groups in total. The van der Waals surface area contributed by atoms with Crippen LogP contribution in [0.25, 0.3) is 11.5 Å². The summed E-state index contributed by atoms with van der Waals surface area (Å²) in [5, 5.41) is 0. The standard InChI is InChI=1S/C32H65N5Si3/c1-24(2)16-39(17-25(3)4,18-26(5)6)37(40(19-27(7)8,20-28(9)10)21-29(11)12)32-30-31(34-22-33-30)35-23-36(32)38(13,14)15/h22-29H,16-21H2,1-15H3. The van der Waals surface area contributed by atoms with Crippen LogP contribution in [0.15, 0.2) is 12.7 Å². The fourth-order valence-corrected chi connectivity index (χ4v) is 27.7. The summed E-state index contributed by atoms with van der Waals surface area (Å²) in [4.78, 5) is 14.7. The number of hydrogen-bond donors (Lipinski definition) is 0. The van der Waals surface area contributed by atoms with Gasteiger partial charge >= 0.3 is 0 Å². The zero-order valence-corrected chi connectivity index (χ0v) is 32.1. The molecular formula is C32H65N5Si3. The van der Waals surface area contributed by atoms with E-state index in [4.69, 9.17) is 15.0 Å². The minimum absolute atomic E-state index is 0.666. The lowest BCUT2D eigenvalue weighted by Crippen LogP contribution is -2.71. The SMILES string of the molecule is CC(C)C[Si](CC(C)C)(CC(C)C)N(c1c2ncnc-2ncn1[Si](C)(C)C)[Si](CC(C)C)(CC(C)C)CC(C)C. The van der Waals surface area contributed by atoms with Crippen molar-refractivity contribution in [1.82, 2.24) is 19.2 Å². The van der Waals surface area contributed by atoms with Gasteiger partial charge in [-0.05, 0) is 71.8 Å². The second kappa shape index (κ2) is 14.0. The lowest BCUT2D eigenvalue weighted by atomic mass is 10.2. The monoisotopic (exact) mass is 603 g/mol. The predicted octanol–water partition coefficient (Wildman–Crippen LogP) is 10.1. The van der Waals surface area contributed by atoms with Crippen LogP contribution in [0.2, 0.25) is 55.9 Å². The summed E-state index contributed by atoms with van der Waals surface area (Å²) in [6.07, 6.45) is 3.92. The summed E-state index contributed by atoms with van der Waals surface area (Å²) in [7, 11) is -6.02. The zero-order valence-electron chi connectivity index (χ0n) is 29.1. The van der Waals surface area contributed by atoms with Crippen molar-refractivity contribution in [2.24, 2.45) is 35.5 Å². The fraction of sp³-hybridized carbons (Fsp3) is 0.844. The highest BCUT2D eigenvalue weighted by atomic mass is 28.4. The number of fused-ring (bicyclic) bond motifs is 1. The van der Waals surface area contributed by atoms with E-state index < -0.39 is 24.7 Å². The molecule has 0 bridgehead atoms. The topological polar surface area (TPSA) is 46.8 Å². The quantitative estimate of drug-likeness (QED) is 0.179. The van der Waals surface area contributed by atoms with E-state index in [1.54, 1.807) is 6.33 Å². The number of nitrogens with zero attached hydrogens (tertiary/aromatic N) is 5. The first-order valence-corrected chi connectivity index (χ1v) is 24.9. The van der Waals surface area contributed by atoms with Crippen molar-refractivity contribution in [3.8, 4) is 11.5 Å². The lowest BCUT2D eigenvalue weighted by molar-refractivity contribution is 0.621. The van der Waals surface area contributed by atoms with Gasteiger partial charge < -0.3 is 8.46 Å². The average Bonchev–Trinajstić information content (AvgIpc) is 3.18. The molecule has 0 aliphatic carbocycles. The van der Waals surface area contributed by atoms with Gasteiger partial charge in [-0.3, -0.25) is 0 Å². The molecular weight excluding hydrogens is 539 g/mol. The molecule has 2 aliphatic heterocycles. The largest absolute Gasteiger partial charge is 0.408 e. The number of hydrogen-bond acceptors (Lipinski definition) is 4. The highest BCUT2D eigenvalue weighted by Crippen LogP contribution is 2.49. The number of rotatable bonds is 16. The van der Waals surface area contributed by atoms with E-state index in [-0.39, 0.29) is 0 Å². The Labute approximate surface area is 252 Å². The minimum Gasteiger partial charge on any atom is -0.408 e. The maximum absolute atomic E-state index is 5.05. The molecule has 0 saturated carbocycles. The van der Waals surface area contributed by atoms with Gasteiger partial charge in [-0.15, -0.1) is 0 Å². The molecule has 0 aromatic heterocycles. The summed E-state index contributed by atoms with van der Waals surface area (Å²) in [6, 6.07) is 8.06. The summed E-state index contributed by atoms with van der Waals surface area (Å²) in [5.74, 6) is 6.25. The molecule has 0 fully saturated rings. The Balaban J connectivity index is 3.27. The maximum Gasteiger partial charge on any atom is 0.184 e. The number of aromatic nitrogens is 4. The highest BCUT2D eigenvalue weighted by Gasteiger charge is 2.54. The van der Waals surface area contributed by atoms with Crippen molar-refractivity contribution >= 4 is 30.5 Å². The smallest absolute Gasteiger partial charge is 0.184 e. The second-order valence-corrected chi connectivity index (χ2v) is 30.0. The van der Waals surface area contributed by atoms with Gasteiger partial charge in [0.1, 0.15) is 34.3 Å². The van der Waals surface area contributed by atoms with Crippen LogP contribution in [-0.2, 0) is 0 Å². The van der Waals surface area contributed by atoms with Gasteiger partial charge in [-0.1, -0.05) is 103 Å². The van der Waals surface area contributed by atoms with Crippen LogP contribution >= 0.6 is 0 Å². The summed E-state index contributed by atoms with van der Waals surface area (Å²) in [5.41, 5.74) is 1.06. The Kier molecular flexibility index (Phi) is 12.3. The Morgan fingerprint density at radius 2 is 0.925 bits per heavy atom. The first-order valence-electron chi connectivity index (χ1n) is 16.3. The zero-order chi connectivity index (χ0) is 30.6. The predicted molar refractivity (Wildman–Crippen MR) is 185 cm³/mol. The molecule has 8 heteroatoms. The van der Waals surface area contributed by atoms with E-state index in [1.165, 1.54) is 42.1 Å². The lowest BCUT2D eigenvalue weighted by Gasteiger charge is -2.59. The molecule has 0 atom stereocenters. The van der Waals surface area contributed by atoms with Crippen molar-refractivity contribution in [2.75, 3.05) is 4.23 Å². The summed E-state index contributed by atoms with van der Waals surface area (Å²) < 4.78 is 5.96. The highest BCUT2D eigenvalue weighted by molar-refractivity contribution is 7.02. The first kappa shape index (κ1) is 35.2. The van der Waals surface area contributed by atoms with Gasteiger partial charge in [0, 0.05) is 0 Å². The Hall–Kier alpha value is -0.999. The molecule has 40 heavy (non-hydrogen) atoms. The third kappa shape index (κ3) is 8.76. The summed E-state index contributed by atoms with van der Waals surface area (Å²) >= 11 is 0. The van der Waals surface area contributed by atoms with Crippen molar-refractivity contribution in [3.63, 3.8) is 0 Å². The van der Waals surface area contributed by atoms with Crippen LogP contribution in [0.3, 0.4) is 0 Å². The van der Waals surface area contributed by atoms with Crippen molar-refractivity contribution < 1.29 is 0 Å². The molecule has 0 aromatic carbocycles. The van der Waals surface area contributed by atoms with E-state index in [1.807, 2.05) is 0 Å². The Morgan fingerprint density at radius 3 is 1.23 bits per heavy atom. The van der Waals surface area contributed by atoms with Gasteiger partial charge in [0.25, 0.3) is 0 Å². The Bertz CT molecular complexity index is 915. The van der Waals surface area contributed by atoms with Crippen molar-refractivity contribution in [1.29, 1.82) is 0 Å². The van der Waals surface area contributed by atoms with Crippen LogP contribution in [-0.4, -0.2) is 43.9 Å². The third-order valence-corrected chi connectivity index (χ3v) is 24.3. The van der Waals surface area contributed by atoms with Crippen LogP contribution in [0.5, 0.6) is 0 Å². The number of imidazole rings is 1. The molecule has 0 amide bonds. The third-order valence-electron chi connectivity index (χ3n) is 7.93.